The molecule has 0 radical (unpaired) electrons. The van der Waals surface area contributed by atoms with Gasteiger partial charge in [0, 0.05) is 25.3 Å². The second-order valence-corrected chi connectivity index (χ2v) is 16.6. The lowest BCUT2D eigenvalue weighted by Crippen LogP contribution is -2.58. The van der Waals surface area contributed by atoms with Crippen molar-refractivity contribution in [2.24, 2.45) is 5.92 Å². The summed E-state index contributed by atoms with van der Waals surface area (Å²) in [5, 5.41) is 4.13. The summed E-state index contributed by atoms with van der Waals surface area (Å²) >= 11 is 0. The maximum atomic E-state index is 14.0. The lowest BCUT2D eigenvalue weighted by molar-refractivity contribution is -0.141. The van der Waals surface area contributed by atoms with E-state index in [1.54, 1.807) is 13.8 Å². The SMILES string of the molecule is C=C[C@H]1C[C@]1(NC(=O)[C@@H]1C[C@@H]2CN1C(=O)[C@H](CC(F)F)NC(=O)OC(C)(C)CC/C=C/c1cccc3c1CN(C3)C(=O)O2)C(=O)NS(=O)(=O)C1CC1. The summed E-state index contributed by atoms with van der Waals surface area (Å²) in [6, 6.07) is 2.41. The molecule has 2 saturated carbocycles. The Balaban J connectivity index is 1.29. The number of fused-ring (bicyclic) bond motifs is 3. The van der Waals surface area contributed by atoms with E-state index in [1.807, 2.05) is 30.4 Å². The van der Waals surface area contributed by atoms with Gasteiger partial charge < -0.3 is 25.0 Å². The summed E-state index contributed by atoms with van der Waals surface area (Å²) < 4.78 is 66.3. The highest BCUT2D eigenvalue weighted by molar-refractivity contribution is 7.91. The maximum Gasteiger partial charge on any atom is 0.410 e. The van der Waals surface area contributed by atoms with Crippen molar-refractivity contribution < 1.29 is 50.6 Å². The number of amides is 5. The van der Waals surface area contributed by atoms with Crippen LogP contribution < -0.4 is 15.4 Å². The van der Waals surface area contributed by atoms with Crippen molar-refractivity contribution in [1.29, 1.82) is 0 Å². The van der Waals surface area contributed by atoms with Crippen molar-refractivity contribution >= 4 is 46.0 Å². The Hall–Kier alpha value is -4.54. The number of carbonyl (C=O) groups is 5. The molecule has 1 aromatic carbocycles. The van der Waals surface area contributed by atoms with Gasteiger partial charge in [-0.15, -0.1) is 6.58 Å². The van der Waals surface area contributed by atoms with Gasteiger partial charge in [-0.1, -0.05) is 36.4 Å². The minimum absolute atomic E-state index is 0.0250. The Kier molecular flexibility index (Phi) is 10.1. The highest BCUT2D eigenvalue weighted by Gasteiger charge is 2.62. The Morgan fingerprint density at radius 1 is 1.17 bits per heavy atom. The van der Waals surface area contributed by atoms with E-state index >= 15 is 0 Å². The van der Waals surface area contributed by atoms with Crippen LogP contribution in [-0.4, -0.2) is 95.7 Å². The zero-order valence-electron chi connectivity index (χ0n) is 28.9. The normalized spacial score (nSPS) is 29.5. The van der Waals surface area contributed by atoms with Crippen molar-refractivity contribution in [3.63, 3.8) is 0 Å². The van der Waals surface area contributed by atoms with Gasteiger partial charge in [0.15, 0.2) is 0 Å². The molecule has 3 aliphatic heterocycles. The molecular weight excluding hydrogens is 704 g/mol. The molecule has 2 aliphatic carbocycles. The van der Waals surface area contributed by atoms with Crippen molar-refractivity contribution in [3.05, 3.63) is 53.6 Å². The standard InChI is InChI=1S/C35H43F2N5O9S/c1-4-22-16-35(22,31(45)40-52(48,49)24-11-12-24)39-29(43)27-14-23-18-42(27)30(44)26(15-28(36)37)38-32(46)51-34(2,3)13-6-5-8-20-9-7-10-21-17-41(19-25(20)21)33(47)50-23/h4-5,7-10,22-24,26-28H,1,6,11-19H2,2-3H3,(H,38,46)(H,39,43)(H,40,45)/b8-5+/t22-,23+,26-,27-,35+/m0/s1. The quantitative estimate of drug-likeness (QED) is 0.337. The number of carbonyl (C=O) groups excluding carboxylic acids is 5. The van der Waals surface area contributed by atoms with E-state index in [0.717, 1.165) is 21.6 Å². The number of allylic oxidation sites excluding steroid dienone is 1. The number of nitrogens with zero attached hydrogens (tertiary/aromatic N) is 2. The van der Waals surface area contributed by atoms with Crippen molar-refractivity contribution in [2.75, 3.05) is 6.54 Å². The zero-order chi connectivity index (χ0) is 37.6. The molecule has 4 bridgehead atoms. The first-order chi connectivity index (χ1) is 24.5. The van der Waals surface area contributed by atoms with Gasteiger partial charge >= 0.3 is 12.2 Å². The number of rotatable bonds is 8. The number of alkyl halides is 2. The predicted octanol–water partition coefficient (Wildman–Crippen LogP) is 3.11. The van der Waals surface area contributed by atoms with Gasteiger partial charge in [0.25, 0.3) is 5.91 Å². The number of alkyl carbamates (subject to hydrolysis) is 1. The smallest absolute Gasteiger partial charge is 0.410 e. The molecule has 5 aliphatic rings. The van der Waals surface area contributed by atoms with Gasteiger partial charge in [-0.3, -0.25) is 24.0 Å². The summed E-state index contributed by atoms with van der Waals surface area (Å²) in [5.74, 6) is -3.56. The number of hydrogen-bond acceptors (Lipinski definition) is 9. The molecule has 17 heteroatoms. The number of sulfonamides is 1. The molecule has 3 heterocycles. The third kappa shape index (κ3) is 7.93. The van der Waals surface area contributed by atoms with Crippen LogP contribution in [0.25, 0.3) is 6.08 Å². The Bertz CT molecular complexity index is 1800. The molecule has 6 rings (SSSR count). The van der Waals surface area contributed by atoms with E-state index in [2.05, 4.69) is 21.9 Å². The van der Waals surface area contributed by atoms with Crippen LogP contribution in [0.3, 0.4) is 0 Å². The topological polar surface area (TPSA) is 181 Å². The minimum atomic E-state index is -3.98. The number of halogens is 2. The Labute approximate surface area is 300 Å². The lowest BCUT2D eigenvalue weighted by atomic mass is 10.00. The number of hydrogen-bond donors (Lipinski definition) is 3. The van der Waals surface area contributed by atoms with Gasteiger partial charge in [-0.05, 0) is 62.6 Å². The van der Waals surface area contributed by atoms with Crippen molar-refractivity contribution in [2.45, 2.75) is 113 Å². The molecular formula is C35H43F2N5O9S. The number of cyclic esters (lactones) is 1. The summed E-state index contributed by atoms with van der Waals surface area (Å²) in [4.78, 5) is 70.3. The fourth-order valence-corrected chi connectivity index (χ4v) is 8.42. The average Bonchev–Trinajstić information content (AvgIpc) is 3.95. The molecule has 0 spiro atoms. The number of benzene rings is 1. The van der Waals surface area contributed by atoms with E-state index in [0.29, 0.717) is 25.7 Å². The van der Waals surface area contributed by atoms with Crippen LogP contribution >= 0.6 is 0 Å². The summed E-state index contributed by atoms with van der Waals surface area (Å²) in [6.07, 6.45) is -0.450. The highest BCUT2D eigenvalue weighted by Crippen LogP contribution is 2.45. The molecule has 3 N–H and O–H groups in total. The molecule has 5 atom stereocenters. The number of nitrogens with one attached hydrogen (secondary N) is 3. The molecule has 1 aromatic rings. The van der Waals surface area contributed by atoms with Crippen molar-refractivity contribution in [1.82, 2.24) is 25.2 Å². The van der Waals surface area contributed by atoms with Gasteiger partial charge in [0.1, 0.15) is 29.3 Å². The van der Waals surface area contributed by atoms with Gasteiger partial charge in [0.05, 0.1) is 18.3 Å². The average molecular weight is 748 g/mol. The zero-order valence-corrected chi connectivity index (χ0v) is 29.8. The molecule has 282 valence electrons. The van der Waals surface area contributed by atoms with Gasteiger partial charge in [0.2, 0.25) is 28.3 Å². The summed E-state index contributed by atoms with van der Waals surface area (Å²) in [7, 11) is -3.98. The molecule has 14 nitrogen and oxygen atoms in total. The van der Waals surface area contributed by atoms with E-state index in [1.165, 1.54) is 11.0 Å². The predicted molar refractivity (Wildman–Crippen MR) is 182 cm³/mol. The van der Waals surface area contributed by atoms with Gasteiger partial charge in [-0.25, -0.2) is 26.8 Å². The van der Waals surface area contributed by atoms with Gasteiger partial charge in [-0.2, -0.15) is 0 Å². The third-order valence-corrected chi connectivity index (χ3v) is 12.0. The first kappa shape index (κ1) is 37.2. The van der Waals surface area contributed by atoms with E-state index in [-0.39, 0.29) is 32.5 Å². The molecule has 0 aromatic heterocycles. The molecule has 52 heavy (non-hydrogen) atoms. The van der Waals surface area contributed by atoms with Crippen molar-refractivity contribution in [3.8, 4) is 0 Å². The first-order valence-corrected chi connectivity index (χ1v) is 18.9. The van der Waals surface area contributed by atoms with Crippen LogP contribution in [0.4, 0.5) is 18.4 Å². The van der Waals surface area contributed by atoms with E-state index < -0.39 is 93.3 Å². The lowest BCUT2D eigenvalue weighted by Gasteiger charge is -2.31. The highest BCUT2D eigenvalue weighted by atomic mass is 32.2. The molecule has 5 amide bonds. The van der Waals surface area contributed by atoms with Crippen LogP contribution in [0, 0.1) is 5.92 Å². The van der Waals surface area contributed by atoms with E-state index in [9.17, 15) is 41.2 Å². The molecule has 1 saturated heterocycles. The van der Waals surface area contributed by atoms with E-state index in [4.69, 9.17) is 9.47 Å². The summed E-state index contributed by atoms with van der Waals surface area (Å²) in [5.41, 5.74) is -0.0173. The Morgan fingerprint density at radius 2 is 1.92 bits per heavy atom. The van der Waals surface area contributed by atoms with Crippen LogP contribution in [-0.2, 0) is 47.0 Å². The maximum absolute atomic E-state index is 14.0. The van der Waals surface area contributed by atoms with Crippen LogP contribution in [0.1, 0.15) is 75.5 Å². The monoisotopic (exact) mass is 747 g/mol. The minimum Gasteiger partial charge on any atom is -0.444 e. The van der Waals surface area contributed by atoms with Crippen LogP contribution in [0.2, 0.25) is 0 Å². The largest absolute Gasteiger partial charge is 0.444 e. The Morgan fingerprint density at radius 3 is 2.60 bits per heavy atom. The molecule has 0 unspecified atom stereocenters. The molecule has 3 fully saturated rings. The second-order valence-electron chi connectivity index (χ2n) is 14.7. The van der Waals surface area contributed by atoms with Crippen LogP contribution in [0.5, 0.6) is 0 Å². The first-order valence-electron chi connectivity index (χ1n) is 17.3. The fraction of sp³-hybridized carbons (Fsp3) is 0.571. The summed E-state index contributed by atoms with van der Waals surface area (Å²) in [6.45, 7) is 7.08. The number of ether oxygens (including phenoxy) is 2. The second kappa shape index (κ2) is 14.1. The van der Waals surface area contributed by atoms with Crippen LogP contribution in [0.15, 0.2) is 36.9 Å². The third-order valence-electron chi connectivity index (χ3n) is 10.2. The fourth-order valence-electron chi connectivity index (χ4n) is 7.06.